The van der Waals surface area contributed by atoms with Crippen molar-refractivity contribution in [3.8, 4) is 0 Å². The van der Waals surface area contributed by atoms with Crippen molar-refractivity contribution in [1.82, 2.24) is 5.32 Å². The van der Waals surface area contributed by atoms with Crippen LogP contribution in [0.15, 0.2) is 54.6 Å². The molecule has 2 aromatic carbocycles. The molecule has 130 valence electrons. The van der Waals surface area contributed by atoms with Crippen LogP contribution in [0.3, 0.4) is 0 Å². The van der Waals surface area contributed by atoms with Crippen molar-refractivity contribution in [3.63, 3.8) is 0 Å². The molecular formula is C20H24BNO3. The van der Waals surface area contributed by atoms with Gasteiger partial charge in [-0.2, -0.15) is 0 Å². The monoisotopic (exact) mass is 337 g/mol. The molecule has 0 spiro atoms. The van der Waals surface area contributed by atoms with Crippen molar-refractivity contribution in [1.29, 1.82) is 0 Å². The SMILES string of the molecule is CC1(C)OB(c2cccc(C(=O)NCc3ccccc3)c2)OC1(C)C. The van der Waals surface area contributed by atoms with Crippen molar-refractivity contribution < 1.29 is 14.1 Å². The Labute approximate surface area is 149 Å². The number of rotatable bonds is 4. The van der Waals surface area contributed by atoms with E-state index in [1.807, 2.05) is 76.2 Å². The summed E-state index contributed by atoms with van der Waals surface area (Å²) in [5.74, 6) is -0.109. The zero-order chi connectivity index (χ0) is 18.1. The van der Waals surface area contributed by atoms with E-state index < -0.39 is 18.3 Å². The quantitative estimate of drug-likeness (QED) is 0.873. The van der Waals surface area contributed by atoms with Gasteiger partial charge in [0.1, 0.15) is 0 Å². The molecule has 1 aliphatic rings. The highest BCUT2D eigenvalue weighted by Gasteiger charge is 2.51. The Morgan fingerprint density at radius 2 is 1.60 bits per heavy atom. The molecule has 1 fully saturated rings. The van der Waals surface area contributed by atoms with Gasteiger partial charge in [-0.25, -0.2) is 0 Å². The first-order valence-corrected chi connectivity index (χ1v) is 8.56. The van der Waals surface area contributed by atoms with Crippen LogP contribution in [0.5, 0.6) is 0 Å². The molecule has 0 saturated carbocycles. The van der Waals surface area contributed by atoms with Crippen LogP contribution in [-0.4, -0.2) is 24.2 Å². The van der Waals surface area contributed by atoms with E-state index in [-0.39, 0.29) is 5.91 Å². The fourth-order valence-corrected chi connectivity index (χ4v) is 2.69. The van der Waals surface area contributed by atoms with Crippen molar-refractivity contribution in [2.24, 2.45) is 0 Å². The van der Waals surface area contributed by atoms with Crippen LogP contribution in [0, 0.1) is 0 Å². The van der Waals surface area contributed by atoms with Crippen molar-refractivity contribution in [3.05, 3.63) is 65.7 Å². The lowest BCUT2D eigenvalue weighted by molar-refractivity contribution is 0.00578. The summed E-state index contributed by atoms with van der Waals surface area (Å²) < 4.78 is 12.1. The maximum atomic E-state index is 12.4. The lowest BCUT2D eigenvalue weighted by Crippen LogP contribution is -2.41. The van der Waals surface area contributed by atoms with Gasteiger partial charge in [-0.15, -0.1) is 0 Å². The van der Waals surface area contributed by atoms with Gasteiger partial charge in [0.25, 0.3) is 5.91 Å². The van der Waals surface area contributed by atoms with Gasteiger partial charge in [0.2, 0.25) is 0 Å². The first-order chi connectivity index (χ1) is 11.8. The minimum atomic E-state index is -0.466. The third-order valence-corrected chi connectivity index (χ3v) is 4.97. The zero-order valence-corrected chi connectivity index (χ0v) is 15.2. The molecule has 1 saturated heterocycles. The smallest absolute Gasteiger partial charge is 0.399 e. The van der Waals surface area contributed by atoms with E-state index in [0.29, 0.717) is 12.1 Å². The topological polar surface area (TPSA) is 47.6 Å². The van der Waals surface area contributed by atoms with Crippen LogP contribution in [0.4, 0.5) is 0 Å². The summed E-state index contributed by atoms with van der Waals surface area (Å²) >= 11 is 0. The molecule has 1 heterocycles. The highest BCUT2D eigenvalue weighted by atomic mass is 16.7. The second-order valence-corrected chi connectivity index (χ2v) is 7.38. The number of nitrogens with one attached hydrogen (secondary N) is 1. The number of benzene rings is 2. The molecule has 25 heavy (non-hydrogen) atoms. The largest absolute Gasteiger partial charge is 0.494 e. The summed E-state index contributed by atoms with van der Waals surface area (Å²) in [6.07, 6.45) is 0. The maximum absolute atomic E-state index is 12.4. The number of amides is 1. The van der Waals surface area contributed by atoms with Crippen LogP contribution >= 0.6 is 0 Å². The van der Waals surface area contributed by atoms with Crippen LogP contribution in [0.25, 0.3) is 0 Å². The second-order valence-electron chi connectivity index (χ2n) is 7.38. The van der Waals surface area contributed by atoms with Crippen LogP contribution in [-0.2, 0) is 15.9 Å². The van der Waals surface area contributed by atoms with Gasteiger partial charge in [0.05, 0.1) is 11.2 Å². The van der Waals surface area contributed by atoms with E-state index in [1.165, 1.54) is 0 Å². The normalized spacial score (nSPS) is 18.2. The Kier molecular flexibility index (Phi) is 4.72. The van der Waals surface area contributed by atoms with E-state index in [2.05, 4.69) is 5.32 Å². The summed E-state index contributed by atoms with van der Waals surface area (Å²) in [4.78, 5) is 12.4. The average Bonchev–Trinajstić information content (AvgIpc) is 2.81. The Morgan fingerprint density at radius 3 is 2.24 bits per heavy atom. The van der Waals surface area contributed by atoms with Crippen LogP contribution in [0.1, 0.15) is 43.6 Å². The predicted octanol–water partition coefficient (Wildman–Crippen LogP) is 2.92. The first-order valence-electron chi connectivity index (χ1n) is 8.56. The zero-order valence-electron chi connectivity index (χ0n) is 15.2. The van der Waals surface area contributed by atoms with Crippen molar-refractivity contribution in [2.75, 3.05) is 0 Å². The Bertz CT molecular complexity index is 743. The molecule has 2 aromatic rings. The molecule has 1 amide bonds. The first kappa shape index (κ1) is 17.7. The molecule has 5 heteroatoms. The Balaban J connectivity index is 1.70. The average molecular weight is 337 g/mol. The van der Waals surface area contributed by atoms with E-state index >= 15 is 0 Å². The molecular weight excluding hydrogens is 313 g/mol. The van der Waals surface area contributed by atoms with E-state index in [4.69, 9.17) is 9.31 Å². The van der Waals surface area contributed by atoms with Gasteiger partial charge < -0.3 is 14.6 Å². The summed E-state index contributed by atoms with van der Waals surface area (Å²) in [5.41, 5.74) is 1.72. The molecule has 0 atom stereocenters. The third kappa shape index (κ3) is 3.78. The van der Waals surface area contributed by atoms with Gasteiger partial charge in [-0.3, -0.25) is 4.79 Å². The van der Waals surface area contributed by atoms with Crippen LogP contribution < -0.4 is 10.8 Å². The van der Waals surface area contributed by atoms with Crippen molar-refractivity contribution >= 4 is 18.5 Å². The number of carbonyl (C=O) groups is 1. The molecule has 1 N–H and O–H groups in total. The molecule has 0 aromatic heterocycles. The molecule has 0 aliphatic carbocycles. The van der Waals surface area contributed by atoms with Gasteiger partial charge in [-0.05, 0) is 50.9 Å². The third-order valence-electron chi connectivity index (χ3n) is 4.97. The standard InChI is InChI=1S/C20H24BNO3/c1-19(2)20(3,4)25-21(24-19)17-12-8-11-16(13-17)18(23)22-14-15-9-6-5-7-10-15/h5-13H,14H2,1-4H3,(H,22,23). The maximum Gasteiger partial charge on any atom is 0.494 e. The van der Waals surface area contributed by atoms with E-state index in [1.54, 1.807) is 6.07 Å². The lowest BCUT2D eigenvalue weighted by atomic mass is 9.78. The number of hydrogen-bond donors (Lipinski definition) is 1. The summed E-state index contributed by atoms with van der Waals surface area (Å²) in [6, 6.07) is 17.3. The molecule has 4 nitrogen and oxygen atoms in total. The summed E-state index contributed by atoms with van der Waals surface area (Å²) in [7, 11) is -0.466. The molecule has 0 unspecified atom stereocenters. The number of carbonyl (C=O) groups excluding carboxylic acids is 1. The Hall–Kier alpha value is -2.11. The molecule has 1 aliphatic heterocycles. The highest BCUT2D eigenvalue weighted by molar-refractivity contribution is 6.62. The highest BCUT2D eigenvalue weighted by Crippen LogP contribution is 2.36. The lowest BCUT2D eigenvalue weighted by Gasteiger charge is -2.32. The summed E-state index contributed by atoms with van der Waals surface area (Å²) in [5, 5.41) is 2.94. The minimum Gasteiger partial charge on any atom is -0.399 e. The molecule has 3 rings (SSSR count). The van der Waals surface area contributed by atoms with E-state index in [0.717, 1.165) is 11.0 Å². The molecule has 0 radical (unpaired) electrons. The van der Waals surface area contributed by atoms with Crippen LogP contribution in [0.2, 0.25) is 0 Å². The van der Waals surface area contributed by atoms with Gasteiger partial charge in [0, 0.05) is 12.1 Å². The Morgan fingerprint density at radius 1 is 0.960 bits per heavy atom. The fraction of sp³-hybridized carbons (Fsp3) is 0.350. The minimum absolute atomic E-state index is 0.109. The number of hydrogen-bond acceptors (Lipinski definition) is 3. The predicted molar refractivity (Wildman–Crippen MR) is 99.8 cm³/mol. The molecule has 0 bridgehead atoms. The van der Waals surface area contributed by atoms with Gasteiger partial charge >= 0.3 is 7.12 Å². The fourth-order valence-electron chi connectivity index (χ4n) is 2.69. The summed E-state index contributed by atoms with van der Waals surface area (Å²) in [6.45, 7) is 8.57. The van der Waals surface area contributed by atoms with Crippen molar-refractivity contribution in [2.45, 2.75) is 45.4 Å². The van der Waals surface area contributed by atoms with Gasteiger partial charge in [-0.1, -0.05) is 42.5 Å². The van der Waals surface area contributed by atoms with Gasteiger partial charge in [0.15, 0.2) is 0 Å². The second kappa shape index (κ2) is 6.66. The van der Waals surface area contributed by atoms with E-state index in [9.17, 15) is 4.79 Å².